The molecule has 0 bridgehead atoms. The fourth-order valence-corrected chi connectivity index (χ4v) is 1.59. The van der Waals surface area contributed by atoms with E-state index in [1.807, 2.05) is 0 Å². The van der Waals surface area contributed by atoms with E-state index in [4.69, 9.17) is 22.1 Å². The van der Waals surface area contributed by atoms with Crippen molar-refractivity contribution >= 4 is 33.2 Å². The minimum atomic E-state index is 0.550. The average molecular weight is 236 g/mol. The Bertz CT molecular complexity index is 277. The lowest BCUT2D eigenvalue weighted by Gasteiger charge is -2.06. The highest BCUT2D eigenvalue weighted by Crippen LogP contribution is 2.36. The number of nitrogens with two attached hydrogens (primary N) is 1. The fraction of sp³-hybridized carbons (Fsp3) is 0.143. The van der Waals surface area contributed by atoms with E-state index in [-0.39, 0.29) is 0 Å². The first kappa shape index (κ1) is 8.68. The lowest BCUT2D eigenvalue weighted by molar-refractivity contribution is 0.412. The molecule has 0 unspecified atom stereocenters. The molecule has 0 saturated carbocycles. The van der Waals surface area contributed by atoms with Gasteiger partial charge in [-0.25, -0.2) is 0 Å². The van der Waals surface area contributed by atoms with Crippen LogP contribution in [0.2, 0.25) is 5.02 Å². The van der Waals surface area contributed by atoms with Crippen LogP contribution in [0.3, 0.4) is 0 Å². The Balaban J connectivity index is 3.29. The fourth-order valence-electron chi connectivity index (χ4n) is 0.735. The van der Waals surface area contributed by atoms with E-state index in [1.165, 1.54) is 0 Å². The lowest BCUT2D eigenvalue weighted by Crippen LogP contribution is -1.91. The summed E-state index contributed by atoms with van der Waals surface area (Å²) in [6.07, 6.45) is 0. The molecule has 60 valence electrons. The summed E-state index contributed by atoms with van der Waals surface area (Å²) in [6, 6.07) is 3.41. The van der Waals surface area contributed by atoms with Crippen LogP contribution in [0.1, 0.15) is 0 Å². The maximum Gasteiger partial charge on any atom is 0.153 e. The SMILES string of the molecule is COc1c(Cl)ccc(N)c1Br. The summed E-state index contributed by atoms with van der Waals surface area (Å²) in [5.74, 6) is 0.576. The zero-order valence-corrected chi connectivity index (χ0v) is 8.24. The van der Waals surface area contributed by atoms with Crippen molar-refractivity contribution in [2.24, 2.45) is 0 Å². The van der Waals surface area contributed by atoms with Crippen LogP contribution in [0.4, 0.5) is 5.69 Å². The number of nitrogen functional groups attached to an aromatic ring is 1. The third-order valence-corrected chi connectivity index (χ3v) is 2.40. The minimum Gasteiger partial charge on any atom is -0.494 e. The number of rotatable bonds is 1. The second-order valence-electron chi connectivity index (χ2n) is 1.98. The van der Waals surface area contributed by atoms with Crippen LogP contribution in [-0.2, 0) is 0 Å². The highest BCUT2D eigenvalue weighted by molar-refractivity contribution is 9.10. The Morgan fingerprint density at radius 1 is 1.55 bits per heavy atom. The van der Waals surface area contributed by atoms with Crippen LogP contribution in [0.25, 0.3) is 0 Å². The van der Waals surface area contributed by atoms with E-state index in [1.54, 1.807) is 19.2 Å². The molecule has 0 spiro atoms. The zero-order chi connectivity index (χ0) is 8.43. The monoisotopic (exact) mass is 235 g/mol. The van der Waals surface area contributed by atoms with Crippen molar-refractivity contribution in [3.8, 4) is 5.75 Å². The highest BCUT2D eigenvalue weighted by Gasteiger charge is 2.07. The van der Waals surface area contributed by atoms with Gasteiger partial charge in [0.15, 0.2) is 5.75 Å². The van der Waals surface area contributed by atoms with Crippen LogP contribution >= 0.6 is 27.5 Å². The van der Waals surface area contributed by atoms with Gasteiger partial charge in [0, 0.05) is 5.69 Å². The Hall–Kier alpha value is -0.410. The molecule has 1 aromatic rings. The van der Waals surface area contributed by atoms with Gasteiger partial charge in [0.1, 0.15) is 0 Å². The smallest absolute Gasteiger partial charge is 0.153 e. The van der Waals surface area contributed by atoms with Crippen molar-refractivity contribution < 1.29 is 4.74 Å². The van der Waals surface area contributed by atoms with E-state index >= 15 is 0 Å². The van der Waals surface area contributed by atoms with Crippen molar-refractivity contribution in [1.82, 2.24) is 0 Å². The van der Waals surface area contributed by atoms with Crippen LogP contribution in [-0.4, -0.2) is 7.11 Å². The molecule has 11 heavy (non-hydrogen) atoms. The zero-order valence-electron chi connectivity index (χ0n) is 5.90. The number of hydrogen-bond donors (Lipinski definition) is 1. The van der Waals surface area contributed by atoms with Gasteiger partial charge < -0.3 is 10.5 Å². The Morgan fingerprint density at radius 2 is 2.18 bits per heavy atom. The third-order valence-electron chi connectivity index (χ3n) is 1.28. The molecular formula is C7H7BrClNO. The predicted octanol–water partition coefficient (Wildman–Crippen LogP) is 2.69. The molecule has 0 aliphatic rings. The average Bonchev–Trinajstić information content (AvgIpc) is 1.99. The standard InChI is InChI=1S/C7H7BrClNO/c1-11-7-4(9)2-3-5(10)6(7)8/h2-3H,10H2,1H3. The number of hydrogen-bond acceptors (Lipinski definition) is 2. The summed E-state index contributed by atoms with van der Waals surface area (Å²) in [4.78, 5) is 0. The van der Waals surface area contributed by atoms with E-state index in [0.29, 0.717) is 20.9 Å². The first-order valence-electron chi connectivity index (χ1n) is 2.94. The molecule has 1 rings (SSSR count). The molecule has 0 heterocycles. The largest absolute Gasteiger partial charge is 0.494 e. The lowest BCUT2D eigenvalue weighted by atomic mass is 10.3. The van der Waals surface area contributed by atoms with Crippen molar-refractivity contribution in [3.05, 3.63) is 21.6 Å². The molecular weight excluding hydrogens is 229 g/mol. The van der Waals surface area contributed by atoms with E-state index in [2.05, 4.69) is 15.9 Å². The van der Waals surface area contributed by atoms with Gasteiger partial charge in [-0.1, -0.05) is 11.6 Å². The Kier molecular flexibility index (Phi) is 2.62. The molecule has 4 heteroatoms. The van der Waals surface area contributed by atoms with E-state index < -0.39 is 0 Å². The van der Waals surface area contributed by atoms with Crippen molar-refractivity contribution in [3.63, 3.8) is 0 Å². The minimum absolute atomic E-state index is 0.550. The molecule has 2 nitrogen and oxygen atoms in total. The van der Waals surface area contributed by atoms with Gasteiger partial charge in [-0.2, -0.15) is 0 Å². The molecule has 0 amide bonds. The topological polar surface area (TPSA) is 35.2 Å². The maximum absolute atomic E-state index is 5.79. The molecule has 0 fully saturated rings. The molecule has 0 aliphatic heterocycles. The quantitative estimate of drug-likeness (QED) is 0.761. The molecule has 0 saturated heterocycles. The number of benzene rings is 1. The van der Waals surface area contributed by atoms with Gasteiger partial charge in [-0.05, 0) is 28.1 Å². The molecule has 0 aromatic heterocycles. The maximum atomic E-state index is 5.79. The van der Waals surface area contributed by atoms with Crippen LogP contribution in [0, 0.1) is 0 Å². The normalized spacial score (nSPS) is 9.73. The van der Waals surface area contributed by atoms with Gasteiger partial charge in [0.2, 0.25) is 0 Å². The van der Waals surface area contributed by atoms with E-state index in [9.17, 15) is 0 Å². The predicted molar refractivity (Wildman–Crippen MR) is 50.1 cm³/mol. The number of halogens is 2. The summed E-state index contributed by atoms with van der Waals surface area (Å²) in [6.45, 7) is 0. The second kappa shape index (κ2) is 3.32. The number of ether oxygens (including phenoxy) is 1. The summed E-state index contributed by atoms with van der Waals surface area (Å²) in [5.41, 5.74) is 6.20. The van der Waals surface area contributed by atoms with Gasteiger partial charge in [-0.15, -0.1) is 0 Å². The molecule has 0 aliphatic carbocycles. The van der Waals surface area contributed by atoms with Gasteiger partial charge in [0.05, 0.1) is 16.6 Å². The van der Waals surface area contributed by atoms with Crippen LogP contribution < -0.4 is 10.5 Å². The Labute approximate surface area is 78.4 Å². The van der Waals surface area contributed by atoms with Crippen molar-refractivity contribution in [2.45, 2.75) is 0 Å². The molecule has 1 aromatic carbocycles. The molecule has 0 atom stereocenters. The van der Waals surface area contributed by atoms with Gasteiger partial charge >= 0.3 is 0 Å². The number of methoxy groups -OCH3 is 1. The van der Waals surface area contributed by atoms with Crippen LogP contribution in [0.5, 0.6) is 5.75 Å². The summed E-state index contributed by atoms with van der Waals surface area (Å²) in [7, 11) is 1.55. The van der Waals surface area contributed by atoms with E-state index in [0.717, 1.165) is 0 Å². The summed E-state index contributed by atoms with van der Waals surface area (Å²) < 4.78 is 5.70. The van der Waals surface area contributed by atoms with Gasteiger partial charge in [0.25, 0.3) is 0 Å². The first-order valence-corrected chi connectivity index (χ1v) is 4.11. The van der Waals surface area contributed by atoms with Gasteiger partial charge in [-0.3, -0.25) is 0 Å². The Morgan fingerprint density at radius 3 is 2.64 bits per heavy atom. The second-order valence-corrected chi connectivity index (χ2v) is 3.18. The highest BCUT2D eigenvalue weighted by atomic mass is 79.9. The third kappa shape index (κ3) is 1.60. The summed E-state index contributed by atoms with van der Waals surface area (Å²) in [5, 5.41) is 0.550. The van der Waals surface area contributed by atoms with Crippen molar-refractivity contribution in [1.29, 1.82) is 0 Å². The van der Waals surface area contributed by atoms with Crippen molar-refractivity contribution in [2.75, 3.05) is 12.8 Å². The molecule has 2 N–H and O–H groups in total. The first-order chi connectivity index (χ1) is 5.16. The van der Waals surface area contributed by atoms with Crippen LogP contribution in [0.15, 0.2) is 16.6 Å². The summed E-state index contributed by atoms with van der Waals surface area (Å²) >= 11 is 9.05. The number of anilines is 1. The molecule has 0 radical (unpaired) electrons.